The van der Waals surface area contributed by atoms with Crippen LogP contribution in [0.1, 0.15) is 22.5 Å². The SMILES string of the molecule is Cc1nccnc1N1CCc2c(cc(N(C)C)nc2Nc2ccc(CF)nc2)C1. The number of nitrogens with one attached hydrogen (secondary N) is 1. The molecule has 0 radical (unpaired) electrons. The molecule has 0 aromatic carbocycles. The van der Waals surface area contributed by atoms with Gasteiger partial charge in [0.05, 0.1) is 23.3 Å². The van der Waals surface area contributed by atoms with Gasteiger partial charge in [0, 0.05) is 45.1 Å². The minimum atomic E-state index is -0.568. The first kappa shape index (κ1) is 19.0. The van der Waals surface area contributed by atoms with Gasteiger partial charge in [-0.1, -0.05) is 0 Å². The van der Waals surface area contributed by atoms with E-state index in [2.05, 4.69) is 31.2 Å². The molecule has 8 heteroatoms. The van der Waals surface area contributed by atoms with E-state index in [4.69, 9.17) is 4.98 Å². The van der Waals surface area contributed by atoms with Gasteiger partial charge in [0.15, 0.2) is 0 Å². The van der Waals surface area contributed by atoms with Crippen LogP contribution >= 0.6 is 0 Å². The minimum absolute atomic E-state index is 0.419. The van der Waals surface area contributed by atoms with Gasteiger partial charge in [-0.05, 0) is 37.1 Å². The molecule has 1 aliphatic rings. The second kappa shape index (κ2) is 7.98. The number of hydrogen-bond acceptors (Lipinski definition) is 7. The number of aryl methyl sites for hydroxylation is 1. The zero-order valence-corrected chi connectivity index (χ0v) is 16.9. The Hall–Kier alpha value is -3.29. The van der Waals surface area contributed by atoms with Crippen LogP contribution < -0.4 is 15.1 Å². The molecule has 0 bridgehead atoms. The summed E-state index contributed by atoms with van der Waals surface area (Å²) < 4.78 is 12.7. The first-order chi connectivity index (χ1) is 14.0. The molecule has 4 heterocycles. The lowest BCUT2D eigenvalue weighted by atomic mass is 10.00. The molecular weight excluding hydrogens is 369 g/mol. The predicted molar refractivity (Wildman–Crippen MR) is 112 cm³/mol. The first-order valence-corrected chi connectivity index (χ1v) is 9.55. The predicted octanol–water partition coefficient (Wildman–Crippen LogP) is 3.42. The molecule has 0 saturated heterocycles. The zero-order valence-electron chi connectivity index (χ0n) is 16.9. The standard InChI is InChI=1S/C21H24FN7/c1-14-21(24-8-7-23-14)29-9-6-18-15(13-29)10-19(28(2)3)27-20(18)26-17-5-4-16(11-22)25-12-17/h4-5,7-8,10,12H,6,9,11,13H2,1-3H3,(H,26,27). The number of hydrogen-bond donors (Lipinski definition) is 1. The highest BCUT2D eigenvalue weighted by molar-refractivity contribution is 5.65. The van der Waals surface area contributed by atoms with Crippen molar-refractivity contribution < 1.29 is 4.39 Å². The third-order valence-corrected chi connectivity index (χ3v) is 5.03. The number of anilines is 4. The quantitative estimate of drug-likeness (QED) is 0.712. The number of aromatic nitrogens is 4. The molecule has 0 unspecified atom stereocenters. The molecule has 4 rings (SSSR count). The normalized spacial score (nSPS) is 13.2. The molecule has 0 spiro atoms. The van der Waals surface area contributed by atoms with E-state index >= 15 is 0 Å². The van der Waals surface area contributed by atoms with Crippen LogP contribution in [0.2, 0.25) is 0 Å². The Morgan fingerprint density at radius 2 is 2.00 bits per heavy atom. The van der Waals surface area contributed by atoms with E-state index in [9.17, 15) is 4.39 Å². The first-order valence-electron chi connectivity index (χ1n) is 9.55. The zero-order chi connectivity index (χ0) is 20.4. The van der Waals surface area contributed by atoms with Gasteiger partial charge in [-0.15, -0.1) is 0 Å². The van der Waals surface area contributed by atoms with Crippen LogP contribution in [0.15, 0.2) is 36.8 Å². The number of halogens is 1. The summed E-state index contributed by atoms with van der Waals surface area (Å²) in [5, 5.41) is 3.38. The number of alkyl halides is 1. The Morgan fingerprint density at radius 1 is 1.17 bits per heavy atom. The smallest absolute Gasteiger partial charge is 0.150 e. The van der Waals surface area contributed by atoms with E-state index in [1.807, 2.05) is 32.0 Å². The third kappa shape index (κ3) is 3.96. The lowest BCUT2D eigenvalue weighted by Crippen LogP contribution is -2.32. The average Bonchev–Trinajstić information content (AvgIpc) is 2.74. The maximum absolute atomic E-state index is 12.7. The van der Waals surface area contributed by atoms with Crippen molar-refractivity contribution in [3.63, 3.8) is 0 Å². The highest BCUT2D eigenvalue weighted by Crippen LogP contribution is 2.32. The van der Waals surface area contributed by atoms with Crippen LogP contribution in [0.5, 0.6) is 0 Å². The molecule has 3 aromatic rings. The number of pyridine rings is 2. The van der Waals surface area contributed by atoms with Gasteiger partial charge in [-0.25, -0.2) is 14.4 Å². The number of fused-ring (bicyclic) bond motifs is 1. The van der Waals surface area contributed by atoms with E-state index in [-0.39, 0.29) is 0 Å². The summed E-state index contributed by atoms with van der Waals surface area (Å²) in [6, 6.07) is 5.64. The summed E-state index contributed by atoms with van der Waals surface area (Å²) in [6.45, 7) is 2.99. The van der Waals surface area contributed by atoms with Crippen molar-refractivity contribution in [2.45, 2.75) is 26.6 Å². The highest BCUT2D eigenvalue weighted by atomic mass is 19.1. The van der Waals surface area contributed by atoms with E-state index < -0.39 is 6.67 Å². The fourth-order valence-corrected chi connectivity index (χ4v) is 3.50. The van der Waals surface area contributed by atoms with E-state index in [1.165, 1.54) is 11.1 Å². The molecule has 0 aliphatic carbocycles. The molecular formula is C21H24FN7. The van der Waals surface area contributed by atoms with Gasteiger partial charge >= 0.3 is 0 Å². The minimum Gasteiger partial charge on any atom is -0.363 e. The van der Waals surface area contributed by atoms with Gasteiger partial charge in [0.1, 0.15) is 24.1 Å². The van der Waals surface area contributed by atoms with Crippen molar-refractivity contribution in [2.24, 2.45) is 0 Å². The summed E-state index contributed by atoms with van der Waals surface area (Å²) in [4.78, 5) is 22.1. The molecule has 0 saturated carbocycles. The lowest BCUT2D eigenvalue weighted by Gasteiger charge is -2.32. The van der Waals surface area contributed by atoms with Crippen molar-refractivity contribution in [3.05, 3.63) is 59.3 Å². The monoisotopic (exact) mass is 393 g/mol. The number of nitrogens with zero attached hydrogens (tertiary/aromatic N) is 6. The fourth-order valence-electron chi connectivity index (χ4n) is 3.50. The summed E-state index contributed by atoms with van der Waals surface area (Å²) in [6.07, 6.45) is 5.93. The lowest BCUT2D eigenvalue weighted by molar-refractivity contribution is 0.476. The molecule has 0 fully saturated rings. The van der Waals surface area contributed by atoms with Crippen LogP contribution in [0.4, 0.5) is 27.5 Å². The molecule has 1 N–H and O–H groups in total. The van der Waals surface area contributed by atoms with Crippen molar-refractivity contribution >= 4 is 23.1 Å². The molecule has 29 heavy (non-hydrogen) atoms. The largest absolute Gasteiger partial charge is 0.363 e. The van der Waals surface area contributed by atoms with Crippen LogP contribution in [0.3, 0.4) is 0 Å². The van der Waals surface area contributed by atoms with Gasteiger partial charge < -0.3 is 15.1 Å². The summed E-state index contributed by atoms with van der Waals surface area (Å²) in [5.41, 5.74) is 4.52. The second-order valence-electron chi connectivity index (χ2n) is 7.29. The molecule has 7 nitrogen and oxygen atoms in total. The number of rotatable bonds is 5. The summed E-state index contributed by atoms with van der Waals surface area (Å²) in [5.74, 6) is 2.61. The Kier molecular flexibility index (Phi) is 5.24. The van der Waals surface area contributed by atoms with Crippen molar-refractivity contribution in [1.82, 2.24) is 19.9 Å². The Balaban J connectivity index is 1.68. The maximum atomic E-state index is 12.7. The Morgan fingerprint density at radius 3 is 2.69 bits per heavy atom. The van der Waals surface area contributed by atoms with Crippen LogP contribution in [0, 0.1) is 6.92 Å². The molecule has 3 aromatic heterocycles. The maximum Gasteiger partial charge on any atom is 0.150 e. The van der Waals surface area contributed by atoms with Crippen LogP contribution in [-0.4, -0.2) is 40.6 Å². The molecule has 0 amide bonds. The van der Waals surface area contributed by atoms with Crippen molar-refractivity contribution in [2.75, 3.05) is 35.8 Å². The molecule has 0 atom stereocenters. The average molecular weight is 393 g/mol. The van der Waals surface area contributed by atoms with Gasteiger partial charge in [0.25, 0.3) is 0 Å². The van der Waals surface area contributed by atoms with E-state index in [0.29, 0.717) is 5.69 Å². The Labute approximate surface area is 169 Å². The second-order valence-corrected chi connectivity index (χ2v) is 7.29. The van der Waals surface area contributed by atoms with E-state index in [0.717, 1.165) is 48.3 Å². The van der Waals surface area contributed by atoms with E-state index in [1.54, 1.807) is 24.7 Å². The van der Waals surface area contributed by atoms with Crippen molar-refractivity contribution in [3.8, 4) is 0 Å². The van der Waals surface area contributed by atoms with Crippen LogP contribution in [0.25, 0.3) is 0 Å². The summed E-state index contributed by atoms with van der Waals surface area (Å²) in [7, 11) is 3.95. The van der Waals surface area contributed by atoms with Gasteiger partial charge in [-0.3, -0.25) is 9.97 Å². The summed E-state index contributed by atoms with van der Waals surface area (Å²) >= 11 is 0. The van der Waals surface area contributed by atoms with Gasteiger partial charge in [-0.2, -0.15) is 0 Å². The Bertz CT molecular complexity index is 1000. The topological polar surface area (TPSA) is 70.1 Å². The third-order valence-electron chi connectivity index (χ3n) is 5.03. The molecule has 1 aliphatic heterocycles. The fraction of sp³-hybridized carbons (Fsp3) is 0.333. The molecule has 150 valence electrons. The van der Waals surface area contributed by atoms with Gasteiger partial charge in [0.2, 0.25) is 0 Å². The van der Waals surface area contributed by atoms with Crippen LogP contribution in [-0.2, 0) is 19.6 Å². The van der Waals surface area contributed by atoms with Crippen molar-refractivity contribution in [1.29, 1.82) is 0 Å². The highest BCUT2D eigenvalue weighted by Gasteiger charge is 2.23.